The Hall–Kier alpha value is -1.60. The number of benzene rings is 1. The summed E-state index contributed by atoms with van der Waals surface area (Å²) in [4.78, 5) is 0. The third kappa shape index (κ3) is 1.74. The molecule has 0 radical (unpaired) electrons. The van der Waals surface area contributed by atoms with Gasteiger partial charge in [0.05, 0.1) is 5.69 Å². The second kappa shape index (κ2) is 4.11. The number of hydrogen-bond donors (Lipinski definition) is 2. The minimum atomic E-state index is -0.645. The summed E-state index contributed by atoms with van der Waals surface area (Å²) in [5.41, 5.74) is -0.0807. The molecule has 1 aromatic carbocycles. The van der Waals surface area contributed by atoms with Crippen molar-refractivity contribution in [1.29, 1.82) is 0 Å². The molecule has 2 N–H and O–H groups in total. The van der Waals surface area contributed by atoms with Gasteiger partial charge in [-0.3, -0.25) is 9.67 Å². The van der Waals surface area contributed by atoms with Crippen molar-refractivity contribution in [2.24, 2.45) is 0 Å². The molecule has 0 unspecified atom stereocenters. The maximum absolute atomic E-state index is 13.5. The van der Waals surface area contributed by atoms with Crippen molar-refractivity contribution in [3.05, 3.63) is 40.4 Å². The minimum Gasteiger partial charge on any atom is -0.388 e. The van der Waals surface area contributed by atoms with E-state index in [0.29, 0.717) is 0 Å². The highest BCUT2D eigenvalue weighted by Gasteiger charge is 2.12. The lowest BCUT2D eigenvalue weighted by molar-refractivity contribution is 0.268. The van der Waals surface area contributed by atoms with E-state index in [4.69, 9.17) is 17.3 Å². The fourth-order valence-corrected chi connectivity index (χ4v) is 1.59. The molecule has 1 aromatic heterocycles. The van der Waals surface area contributed by atoms with Crippen molar-refractivity contribution < 1.29 is 13.9 Å². The van der Waals surface area contributed by atoms with Crippen molar-refractivity contribution in [3.8, 4) is 5.69 Å². The Balaban J connectivity index is 2.71. The number of aliphatic hydroxyl groups excluding tert-OH is 1. The van der Waals surface area contributed by atoms with Crippen LogP contribution >= 0.6 is 12.2 Å². The van der Waals surface area contributed by atoms with Crippen molar-refractivity contribution in [1.82, 2.24) is 14.8 Å². The summed E-state index contributed by atoms with van der Waals surface area (Å²) in [5, 5.41) is 15.1. The van der Waals surface area contributed by atoms with Crippen LogP contribution in [0.5, 0.6) is 0 Å². The number of halogens is 2. The maximum Gasteiger partial charge on any atom is 0.200 e. The van der Waals surface area contributed by atoms with E-state index in [0.717, 1.165) is 22.8 Å². The van der Waals surface area contributed by atoms with E-state index in [1.807, 2.05) is 0 Å². The molecule has 0 bridgehead atoms. The molecule has 0 spiro atoms. The molecule has 7 heteroatoms. The molecule has 1 heterocycles. The topological polar surface area (TPSA) is 53.8 Å². The molecule has 0 saturated carbocycles. The smallest absolute Gasteiger partial charge is 0.200 e. The largest absolute Gasteiger partial charge is 0.388 e. The van der Waals surface area contributed by atoms with Gasteiger partial charge < -0.3 is 5.11 Å². The summed E-state index contributed by atoms with van der Waals surface area (Å²) in [6.45, 7) is -0.427. The standard InChI is InChI=1S/C9H7F2N3OS/c10-5-1-2-6(11)7(3-5)14-8(4-15)12-13-9(14)16/h1-3,15H,4H2,(H,13,16). The van der Waals surface area contributed by atoms with Gasteiger partial charge >= 0.3 is 0 Å². The normalized spacial score (nSPS) is 10.7. The van der Waals surface area contributed by atoms with Crippen LogP contribution in [0.4, 0.5) is 8.78 Å². The predicted molar refractivity (Wildman–Crippen MR) is 54.6 cm³/mol. The van der Waals surface area contributed by atoms with E-state index in [2.05, 4.69) is 10.2 Å². The van der Waals surface area contributed by atoms with Crippen LogP contribution in [0, 0.1) is 16.4 Å². The Kier molecular flexibility index (Phi) is 2.80. The molecule has 0 amide bonds. The van der Waals surface area contributed by atoms with Gasteiger partial charge in [0.1, 0.15) is 18.2 Å². The summed E-state index contributed by atoms with van der Waals surface area (Å²) < 4.78 is 27.7. The second-order valence-corrected chi connectivity index (χ2v) is 3.42. The summed E-state index contributed by atoms with van der Waals surface area (Å²) in [5.74, 6) is -1.12. The van der Waals surface area contributed by atoms with Crippen LogP contribution in [0.3, 0.4) is 0 Å². The Morgan fingerprint density at radius 3 is 2.88 bits per heavy atom. The van der Waals surface area contributed by atoms with Crippen molar-refractivity contribution in [2.45, 2.75) is 6.61 Å². The second-order valence-electron chi connectivity index (χ2n) is 3.03. The lowest BCUT2D eigenvalue weighted by Crippen LogP contribution is -2.04. The Morgan fingerprint density at radius 2 is 2.19 bits per heavy atom. The first-order valence-corrected chi connectivity index (χ1v) is 4.77. The van der Waals surface area contributed by atoms with Crippen LogP contribution in [0.15, 0.2) is 18.2 Å². The van der Waals surface area contributed by atoms with Gasteiger partial charge in [-0.2, -0.15) is 5.10 Å². The number of nitrogens with zero attached hydrogens (tertiary/aromatic N) is 2. The molecule has 2 rings (SSSR count). The van der Waals surface area contributed by atoms with E-state index >= 15 is 0 Å². The van der Waals surface area contributed by atoms with E-state index < -0.39 is 18.2 Å². The Morgan fingerprint density at radius 1 is 1.44 bits per heavy atom. The van der Waals surface area contributed by atoms with Crippen LogP contribution in [-0.2, 0) is 6.61 Å². The number of H-pyrrole nitrogens is 1. The van der Waals surface area contributed by atoms with Gasteiger partial charge in [0, 0.05) is 6.07 Å². The maximum atomic E-state index is 13.5. The zero-order valence-corrected chi connectivity index (χ0v) is 8.76. The molecule has 0 atom stereocenters. The summed E-state index contributed by atoms with van der Waals surface area (Å²) >= 11 is 4.87. The summed E-state index contributed by atoms with van der Waals surface area (Å²) in [7, 11) is 0. The Labute approximate surface area is 94.2 Å². The first-order valence-electron chi connectivity index (χ1n) is 4.36. The molecule has 0 saturated heterocycles. The van der Waals surface area contributed by atoms with Gasteiger partial charge in [0.2, 0.25) is 0 Å². The third-order valence-corrected chi connectivity index (χ3v) is 2.31. The lowest BCUT2D eigenvalue weighted by Gasteiger charge is -2.06. The fourth-order valence-electron chi connectivity index (χ4n) is 1.34. The molecule has 16 heavy (non-hydrogen) atoms. The fraction of sp³-hybridized carbons (Fsp3) is 0.111. The molecule has 0 aliphatic heterocycles. The van der Waals surface area contributed by atoms with Gasteiger partial charge in [0.15, 0.2) is 10.6 Å². The van der Waals surface area contributed by atoms with Crippen LogP contribution in [0.1, 0.15) is 5.82 Å². The van der Waals surface area contributed by atoms with Crippen molar-refractivity contribution in [3.63, 3.8) is 0 Å². The predicted octanol–water partition coefficient (Wildman–Crippen LogP) is 1.70. The molecular weight excluding hydrogens is 236 g/mol. The van der Waals surface area contributed by atoms with E-state index in [1.165, 1.54) is 0 Å². The van der Waals surface area contributed by atoms with E-state index in [-0.39, 0.29) is 16.3 Å². The molecular formula is C9H7F2N3OS. The summed E-state index contributed by atoms with van der Waals surface area (Å²) in [6.07, 6.45) is 0. The van der Waals surface area contributed by atoms with Gasteiger partial charge in [-0.15, -0.1) is 0 Å². The molecule has 84 valence electrons. The number of nitrogens with one attached hydrogen (secondary N) is 1. The molecule has 2 aromatic rings. The van der Waals surface area contributed by atoms with Gasteiger partial charge in [0.25, 0.3) is 0 Å². The SMILES string of the molecule is OCc1n[nH]c(=S)n1-c1cc(F)ccc1F. The number of rotatable bonds is 2. The van der Waals surface area contributed by atoms with Gasteiger partial charge in [-0.25, -0.2) is 8.78 Å². The number of aliphatic hydroxyl groups is 1. The highest BCUT2D eigenvalue weighted by Crippen LogP contribution is 2.16. The average Bonchev–Trinajstić information content (AvgIpc) is 2.63. The van der Waals surface area contributed by atoms with Crippen LogP contribution in [0.25, 0.3) is 5.69 Å². The first kappa shape index (κ1) is 10.9. The van der Waals surface area contributed by atoms with Crippen LogP contribution in [-0.4, -0.2) is 19.9 Å². The van der Waals surface area contributed by atoms with Crippen molar-refractivity contribution >= 4 is 12.2 Å². The van der Waals surface area contributed by atoms with Crippen molar-refractivity contribution in [2.75, 3.05) is 0 Å². The zero-order valence-electron chi connectivity index (χ0n) is 7.94. The zero-order chi connectivity index (χ0) is 11.7. The minimum absolute atomic E-state index is 0.0807. The number of hydrogen-bond acceptors (Lipinski definition) is 3. The monoisotopic (exact) mass is 243 g/mol. The molecule has 0 aliphatic rings. The van der Waals surface area contributed by atoms with Crippen LogP contribution in [0.2, 0.25) is 0 Å². The third-order valence-electron chi connectivity index (χ3n) is 2.03. The lowest BCUT2D eigenvalue weighted by atomic mass is 10.3. The van der Waals surface area contributed by atoms with Crippen LogP contribution < -0.4 is 0 Å². The first-order chi connectivity index (χ1) is 7.63. The Bertz CT molecular complexity index is 578. The number of aromatic nitrogens is 3. The molecule has 0 aliphatic carbocycles. The average molecular weight is 243 g/mol. The molecule has 0 fully saturated rings. The quantitative estimate of drug-likeness (QED) is 0.789. The van der Waals surface area contributed by atoms with E-state index in [1.54, 1.807) is 0 Å². The molecule has 4 nitrogen and oxygen atoms in total. The van der Waals surface area contributed by atoms with E-state index in [9.17, 15) is 8.78 Å². The highest BCUT2D eigenvalue weighted by atomic mass is 32.1. The van der Waals surface area contributed by atoms with Gasteiger partial charge in [-0.05, 0) is 24.4 Å². The van der Waals surface area contributed by atoms with Gasteiger partial charge in [-0.1, -0.05) is 0 Å². The highest BCUT2D eigenvalue weighted by molar-refractivity contribution is 7.71. The summed E-state index contributed by atoms with van der Waals surface area (Å²) in [6, 6.07) is 2.97. The number of aromatic amines is 1.